The number of nitrogens with zero attached hydrogens (tertiary/aromatic N) is 4. The maximum Gasteiger partial charge on any atom is 0.160 e. The molecule has 114 valence electrons. The molecular weight excluding hydrogens is 282 g/mol. The van der Waals surface area contributed by atoms with Crippen molar-refractivity contribution in [1.29, 1.82) is 5.26 Å². The fourth-order valence-electron chi connectivity index (χ4n) is 2.77. The Morgan fingerprint density at radius 3 is 3.18 bits per heavy atom. The second-order valence-electron chi connectivity index (χ2n) is 5.56. The van der Waals surface area contributed by atoms with E-state index < -0.39 is 6.10 Å². The van der Waals surface area contributed by atoms with E-state index in [2.05, 4.69) is 15.3 Å². The van der Waals surface area contributed by atoms with E-state index in [4.69, 9.17) is 5.26 Å². The molecule has 7 nitrogen and oxygen atoms in total. The lowest BCUT2D eigenvalue weighted by Crippen LogP contribution is -2.46. The maximum absolute atomic E-state index is 12.2. The minimum absolute atomic E-state index is 0.0175. The van der Waals surface area contributed by atoms with Gasteiger partial charge >= 0.3 is 0 Å². The van der Waals surface area contributed by atoms with Crippen LogP contribution in [0.15, 0.2) is 18.6 Å². The van der Waals surface area contributed by atoms with Crippen LogP contribution in [0.3, 0.4) is 0 Å². The highest BCUT2D eigenvalue weighted by Crippen LogP contribution is 2.14. The zero-order chi connectivity index (χ0) is 15.5. The summed E-state index contributed by atoms with van der Waals surface area (Å²) in [6.07, 6.45) is 4.52. The summed E-state index contributed by atoms with van der Waals surface area (Å²) in [6.45, 7) is 1.00. The Morgan fingerprint density at radius 1 is 1.55 bits per heavy atom. The molecule has 0 unspecified atom stereocenters. The molecule has 0 aromatic carbocycles. The average Bonchev–Trinajstić information content (AvgIpc) is 2.91. The number of ketones is 1. The molecule has 3 heterocycles. The van der Waals surface area contributed by atoms with Gasteiger partial charge in [-0.1, -0.05) is 0 Å². The van der Waals surface area contributed by atoms with Crippen molar-refractivity contribution in [3.63, 3.8) is 0 Å². The van der Waals surface area contributed by atoms with Crippen molar-refractivity contribution >= 4 is 16.9 Å². The van der Waals surface area contributed by atoms with Crippen LogP contribution in [-0.4, -0.2) is 44.1 Å². The largest absolute Gasteiger partial charge is 0.391 e. The summed E-state index contributed by atoms with van der Waals surface area (Å²) in [4.78, 5) is 20.6. The van der Waals surface area contributed by atoms with Crippen LogP contribution in [-0.2, 0) is 11.3 Å². The number of nitriles is 1. The van der Waals surface area contributed by atoms with Crippen molar-refractivity contribution in [3.05, 3.63) is 24.2 Å². The van der Waals surface area contributed by atoms with Gasteiger partial charge in [0.2, 0.25) is 0 Å². The first-order valence-electron chi connectivity index (χ1n) is 7.31. The van der Waals surface area contributed by atoms with Crippen LogP contribution in [0.5, 0.6) is 0 Å². The molecule has 0 bridgehead atoms. The van der Waals surface area contributed by atoms with E-state index in [1.54, 1.807) is 17.0 Å². The third-order valence-electron chi connectivity index (χ3n) is 3.93. The number of aliphatic hydroxyl groups is 1. The number of aromatic nitrogens is 3. The fourth-order valence-corrected chi connectivity index (χ4v) is 2.77. The zero-order valence-electron chi connectivity index (χ0n) is 12.1. The average molecular weight is 299 g/mol. The van der Waals surface area contributed by atoms with Crippen LogP contribution >= 0.6 is 0 Å². The first kappa shape index (κ1) is 14.6. The summed E-state index contributed by atoms with van der Waals surface area (Å²) in [5.74, 6) is 0.0175. The third-order valence-corrected chi connectivity index (χ3v) is 3.93. The molecule has 1 aliphatic rings. The number of hydrogen-bond acceptors (Lipinski definition) is 6. The number of piperidine rings is 1. The highest BCUT2D eigenvalue weighted by molar-refractivity contribution is 5.81. The smallest absolute Gasteiger partial charge is 0.160 e. The number of carbonyl (C=O) groups excluding carboxylic acids is 1. The van der Waals surface area contributed by atoms with E-state index in [1.165, 1.54) is 6.20 Å². The van der Waals surface area contributed by atoms with Crippen molar-refractivity contribution in [2.45, 2.75) is 38.0 Å². The normalized spacial score (nSPS) is 21.6. The van der Waals surface area contributed by atoms with Crippen LogP contribution < -0.4 is 5.32 Å². The first-order valence-corrected chi connectivity index (χ1v) is 7.31. The van der Waals surface area contributed by atoms with Gasteiger partial charge in [0, 0.05) is 18.7 Å². The van der Waals surface area contributed by atoms with E-state index in [9.17, 15) is 9.90 Å². The van der Waals surface area contributed by atoms with Crippen LogP contribution in [0, 0.1) is 11.3 Å². The Balaban J connectivity index is 1.70. The molecule has 7 heteroatoms. The Bertz CT molecular complexity index is 733. The van der Waals surface area contributed by atoms with E-state index >= 15 is 0 Å². The molecule has 2 N–H and O–H groups in total. The van der Waals surface area contributed by atoms with Crippen molar-refractivity contribution in [2.75, 3.05) is 6.54 Å². The van der Waals surface area contributed by atoms with Crippen LogP contribution in [0.4, 0.5) is 0 Å². The Morgan fingerprint density at radius 2 is 2.41 bits per heavy atom. The summed E-state index contributed by atoms with van der Waals surface area (Å²) in [6, 6.07) is 3.49. The summed E-state index contributed by atoms with van der Waals surface area (Å²) in [7, 11) is 0. The molecule has 1 aliphatic heterocycles. The third kappa shape index (κ3) is 2.98. The molecule has 2 aromatic heterocycles. The minimum atomic E-state index is -0.464. The van der Waals surface area contributed by atoms with Gasteiger partial charge in [-0.15, -0.1) is 0 Å². The van der Waals surface area contributed by atoms with Gasteiger partial charge in [0.15, 0.2) is 11.4 Å². The standard InChI is InChI=1S/C15H17N5O2/c16-6-10-4-13-15(18-7-10)20(9-19-13)8-11(21)5-12-14(22)2-1-3-17-12/h4,7,9,12,14,17,22H,1-3,5,8H2/t12-,14+/m1/s1. The van der Waals surface area contributed by atoms with Crippen molar-refractivity contribution in [3.8, 4) is 6.07 Å². The molecular formula is C15H17N5O2. The Labute approximate surface area is 127 Å². The van der Waals surface area contributed by atoms with Gasteiger partial charge in [-0.05, 0) is 25.5 Å². The number of nitrogens with one attached hydrogen (secondary N) is 1. The molecule has 2 aromatic rings. The highest BCUT2D eigenvalue weighted by Gasteiger charge is 2.25. The number of rotatable bonds is 4. The molecule has 3 rings (SSSR count). The molecule has 0 spiro atoms. The quantitative estimate of drug-likeness (QED) is 0.845. The van der Waals surface area contributed by atoms with Crippen LogP contribution in [0.2, 0.25) is 0 Å². The van der Waals surface area contributed by atoms with Gasteiger partial charge in [-0.2, -0.15) is 5.26 Å². The molecule has 0 amide bonds. The molecule has 0 aliphatic carbocycles. The lowest BCUT2D eigenvalue weighted by atomic mass is 9.97. The van der Waals surface area contributed by atoms with Gasteiger partial charge in [-0.25, -0.2) is 9.97 Å². The molecule has 22 heavy (non-hydrogen) atoms. The predicted octanol–water partition coefficient (Wildman–Crippen LogP) is 0.375. The van der Waals surface area contributed by atoms with E-state index in [1.807, 2.05) is 6.07 Å². The Kier molecular flexibility index (Phi) is 4.13. The number of carbonyl (C=O) groups is 1. The molecule has 2 atom stereocenters. The minimum Gasteiger partial charge on any atom is -0.391 e. The second kappa shape index (κ2) is 6.22. The lowest BCUT2D eigenvalue weighted by molar-refractivity contribution is -0.121. The van der Waals surface area contributed by atoms with Crippen molar-refractivity contribution in [2.24, 2.45) is 0 Å². The Hall–Kier alpha value is -2.30. The molecule has 1 fully saturated rings. The predicted molar refractivity (Wildman–Crippen MR) is 78.9 cm³/mol. The molecule has 1 saturated heterocycles. The SMILES string of the molecule is N#Cc1cnc2c(c1)ncn2CC(=O)C[C@H]1NCCC[C@@H]1O. The van der Waals surface area contributed by atoms with Gasteiger partial charge < -0.3 is 15.0 Å². The van der Waals surface area contributed by atoms with E-state index in [-0.39, 0.29) is 24.8 Å². The number of Topliss-reactive ketones (excluding diaryl/α,β-unsaturated/α-hetero) is 1. The van der Waals surface area contributed by atoms with E-state index in [0.29, 0.717) is 16.7 Å². The van der Waals surface area contributed by atoms with Gasteiger partial charge in [0.05, 0.1) is 24.5 Å². The number of pyridine rings is 1. The van der Waals surface area contributed by atoms with E-state index in [0.717, 1.165) is 19.4 Å². The van der Waals surface area contributed by atoms with Gasteiger partial charge in [-0.3, -0.25) is 4.79 Å². The van der Waals surface area contributed by atoms with Crippen LogP contribution in [0.1, 0.15) is 24.8 Å². The van der Waals surface area contributed by atoms with Crippen molar-refractivity contribution < 1.29 is 9.90 Å². The number of imidazole rings is 1. The molecule has 0 saturated carbocycles. The first-order chi connectivity index (χ1) is 10.7. The van der Waals surface area contributed by atoms with Gasteiger partial charge in [0.1, 0.15) is 11.6 Å². The number of fused-ring (bicyclic) bond motifs is 1. The van der Waals surface area contributed by atoms with Gasteiger partial charge in [0.25, 0.3) is 0 Å². The summed E-state index contributed by atoms with van der Waals surface area (Å²) >= 11 is 0. The lowest BCUT2D eigenvalue weighted by Gasteiger charge is -2.28. The summed E-state index contributed by atoms with van der Waals surface area (Å²) in [5.41, 5.74) is 1.63. The van der Waals surface area contributed by atoms with Crippen LogP contribution in [0.25, 0.3) is 11.2 Å². The highest BCUT2D eigenvalue weighted by atomic mass is 16.3. The summed E-state index contributed by atoms with van der Waals surface area (Å²) < 4.78 is 1.67. The zero-order valence-corrected chi connectivity index (χ0v) is 12.1. The topological polar surface area (TPSA) is 104 Å². The number of hydrogen-bond donors (Lipinski definition) is 2. The maximum atomic E-state index is 12.2. The summed E-state index contributed by atoms with van der Waals surface area (Å²) in [5, 5.41) is 21.9. The number of aliphatic hydroxyl groups excluding tert-OH is 1. The second-order valence-corrected chi connectivity index (χ2v) is 5.56. The monoisotopic (exact) mass is 299 g/mol. The fraction of sp³-hybridized carbons (Fsp3) is 0.467. The van der Waals surface area contributed by atoms with Crippen molar-refractivity contribution in [1.82, 2.24) is 19.9 Å². The molecule has 0 radical (unpaired) electrons.